The predicted octanol–water partition coefficient (Wildman–Crippen LogP) is 1.11. The molecule has 0 saturated carbocycles. The average Bonchev–Trinajstić information content (AvgIpc) is 2.66. The molecular weight excluding hydrogens is 218 g/mol. The molecule has 0 spiro atoms. The highest BCUT2D eigenvalue weighted by molar-refractivity contribution is 5.67. The van der Waals surface area contributed by atoms with Crippen LogP contribution in [0.1, 0.15) is 24.8 Å². The van der Waals surface area contributed by atoms with E-state index in [9.17, 15) is 4.79 Å². The van der Waals surface area contributed by atoms with Gasteiger partial charge in [-0.1, -0.05) is 0 Å². The van der Waals surface area contributed by atoms with Crippen LogP contribution in [0.4, 0.5) is 0 Å². The Bertz CT molecular complexity index is 381. The number of aliphatic carboxylic acids is 1. The first kappa shape index (κ1) is 12.1. The van der Waals surface area contributed by atoms with Gasteiger partial charge in [0.05, 0.1) is 6.20 Å². The number of aryl methyl sites for hydroxylation is 1. The summed E-state index contributed by atoms with van der Waals surface area (Å²) in [5, 5.41) is 12.9. The van der Waals surface area contributed by atoms with Crippen LogP contribution in [0.25, 0.3) is 0 Å². The Balaban J connectivity index is 1.77. The van der Waals surface area contributed by atoms with Crippen molar-refractivity contribution in [2.75, 3.05) is 13.1 Å². The number of aromatic nitrogens is 2. The van der Waals surface area contributed by atoms with Gasteiger partial charge in [0, 0.05) is 31.8 Å². The summed E-state index contributed by atoms with van der Waals surface area (Å²) in [4.78, 5) is 13.0. The van der Waals surface area contributed by atoms with Gasteiger partial charge in [-0.2, -0.15) is 5.10 Å². The van der Waals surface area contributed by atoms with Gasteiger partial charge in [0.2, 0.25) is 0 Å². The van der Waals surface area contributed by atoms with E-state index < -0.39 is 5.97 Å². The molecule has 1 aliphatic rings. The van der Waals surface area contributed by atoms with Crippen molar-refractivity contribution < 1.29 is 9.90 Å². The summed E-state index contributed by atoms with van der Waals surface area (Å²) in [6.07, 6.45) is 6.23. The molecular formula is C12H19N3O2. The quantitative estimate of drug-likeness (QED) is 0.852. The highest BCUT2D eigenvalue weighted by Crippen LogP contribution is 2.21. The van der Waals surface area contributed by atoms with Gasteiger partial charge < -0.3 is 5.11 Å². The van der Waals surface area contributed by atoms with E-state index in [1.807, 2.05) is 24.1 Å². The number of hydrogen-bond donors (Lipinski definition) is 1. The van der Waals surface area contributed by atoms with Gasteiger partial charge in [0.1, 0.15) is 0 Å². The van der Waals surface area contributed by atoms with Crippen LogP contribution < -0.4 is 0 Å². The van der Waals surface area contributed by atoms with Crippen molar-refractivity contribution in [3.63, 3.8) is 0 Å². The Morgan fingerprint density at radius 3 is 2.76 bits per heavy atom. The summed E-state index contributed by atoms with van der Waals surface area (Å²) < 4.78 is 1.81. The molecule has 0 radical (unpaired) electrons. The molecule has 0 bridgehead atoms. The monoisotopic (exact) mass is 237 g/mol. The van der Waals surface area contributed by atoms with Crippen molar-refractivity contribution in [2.45, 2.75) is 25.8 Å². The first-order chi connectivity index (χ1) is 8.13. The molecule has 2 rings (SSSR count). The molecule has 0 amide bonds. The molecule has 2 heterocycles. The second-order valence-electron chi connectivity index (χ2n) is 4.84. The Morgan fingerprint density at radius 2 is 2.24 bits per heavy atom. The van der Waals surface area contributed by atoms with Crippen LogP contribution >= 0.6 is 0 Å². The molecule has 1 saturated heterocycles. The number of likely N-dealkylation sites (tertiary alicyclic amines) is 1. The van der Waals surface area contributed by atoms with Crippen molar-refractivity contribution in [1.82, 2.24) is 14.7 Å². The van der Waals surface area contributed by atoms with E-state index in [4.69, 9.17) is 5.11 Å². The maximum absolute atomic E-state index is 10.6. The van der Waals surface area contributed by atoms with Crippen molar-refractivity contribution in [2.24, 2.45) is 13.0 Å². The number of carboxylic acids is 1. The summed E-state index contributed by atoms with van der Waals surface area (Å²) in [5.41, 5.74) is 1.23. The number of piperidine rings is 1. The lowest BCUT2D eigenvalue weighted by atomic mass is 9.93. The molecule has 0 atom stereocenters. The van der Waals surface area contributed by atoms with Gasteiger partial charge in [0.25, 0.3) is 0 Å². The lowest BCUT2D eigenvalue weighted by molar-refractivity contribution is -0.138. The molecule has 1 N–H and O–H groups in total. The summed E-state index contributed by atoms with van der Waals surface area (Å²) >= 11 is 0. The molecule has 0 aromatic carbocycles. The van der Waals surface area contributed by atoms with Gasteiger partial charge in [-0.05, 0) is 31.8 Å². The predicted molar refractivity (Wildman–Crippen MR) is 63.5 cm³/mol. The van der Waals surface area contributed by atoms with Crippen LogP contribution in [0.2, 0.25) is 0 Å². The molecule has 17 heavy (non-hydrogen) atoms. The number of rotatable bonds is 4. The molecule has 94 valence electrons. The second kappa shape index (κ2) is 5.31. The van der Waals surface area contributed by atoms with Crippen LogP contribution in [-0.4, -0.2) is 38.8 Å². The molecule has 1 aliphatic heterocycles. The van der Waals surface area contributed by atoms with Crippen LogP contribution in [-0.2, 0) is 18.4 Å². The number of hydrogen-bond acceptors (Lipinski definition) is 3. The molecule has 0 aliphatic carbocycles. The maximum atomic E-state index is 10.6. The van der Waals surface area contributed by atoms with E-state index in [0.29, 0.717) is 12.3 Å². The first-order valence-electron chi connectivity index (χ1n) is 6.05. The fourth-order valence-electron chi connectivity index (χ4n) is 2.41. The number of nitrogens with zero attached hydrogens (tertiary/aromatic N) is 3. The molecule has 1 aromatic rings. The van der Waals surface area contributed by atoms with E-state index >= 15 is 0 Å². The fourth-order valence-corrected chi connectivity index (χ4v) is 2.41. The van der Waals surface area contributed by atoms with Gasteiger partial charge in [-0.3, -0.25) is 14.4 Å². The Morgan fingerprint density at radius 1 is 1.53 bits per heavy atom. The molecule has 5 nitrogen and oxygen atoms in total. The van der Waals surface area contributed by atoms with Crippen LogP contribution in [0.15, 0.2) is 12.4 Å². The average molecular weight is 237 g/mol. The molecule has 5 heteroatoms. The minimum atomic E-state index is -0.671. The van der Waals surface area contributed by atoms with Gasteiger partial charge >= 0.3 is 5.97 Å². The normalized spacial score (nSPS) is 18.4. The van der Waals surface area contributed by atoms with Gasteiger partial charge in [0.15, 0.2) is 0 Å². The molecule has 1 aromatic heterocycles. The van der Waals surface area contributed by atoms with E-state index in [2.05, 4.69) is 10.00 Å². The van der Waals surface area contributed by atoms with E-state index in [-0.39, 0.29) is 0 Å². The van der Waals surface area contributed by atoms with E-state index in [1.165, 1.54) is 5.56 Å². The fraction of sp³-hybridized carbons (Fsp3) is 0.667. The van der Waals surface area contributed by atoms with Crippen LogP contribution in [0, 0.1) is 5.92 Å². The van der Waals surface area contributed by atoms with Crippen molar-refractivity contribution in [1.29, 1.82) is 0 Å². The SMILES string of the molecule is Cn1cc(CN2CCC(CC(=O)O)CC2)cn1. The third-order valence-corrected chi connectivity index (χ3v) is 3.33. The summed E-state index contributed by atoms with van der Waals surface area (Å²) in [7, 11) is 1.92. The lowest BCUT2D eigenvalue weighted by Gasteiger charge is -2.30. The van der Waals surface area contributed by atoms with Crippen LogP contribution in [0.5, 0.6) is 0 Å². The number of carboxylic acid groups (broad SMARTS) is 1. The Labute approximate surface area is 101 Å². The third kappa shape index (κ3) is 3.56. The summed E-state index contributed by atoms with van der Waals surface area (Å²) in [5.74, 6) is -0.312. The van der Waals surface area contributed by atoms with Gasteiger partial charge in [-0.15, -0.1) is 0 Å². The zero-order valence-electron chi connectivity index (χ0n) is 10.2. The summed E-state index contributed by atoms with van der Waals surface area (Å²) in [6.45, 7) is 2.91. The highest BCUT2D eigenvalue weighted by Gasteiger charge is 2.21. The largest absolute Gasteiger partial charge is 0.481 e. The van der Waals surface area contributed by atoms with Crippen LogP contribution in [0.3, 0.4) is 0 Å². The third-order valence-electron chi connectivity index (χ3n) is 3.33. The van der Waals surface area contributed by atoms with Gasteiger partial charge in [-0.25, -0.2) is 0 Å². The number of carbonyl (C=O) groups is 1. The maximum Gasteiger partial charge on any atom is 0.303 e. The topological polar surface area (TPSA) is 58.4 Å². The molecule has 1 fully saturated rings. The second-order valence-corrected chi connectivity index (χ2v) is 4.84. The van der Waals surface area contributed by atoms with E-state index in [1.54, 1.807) is 0 Å². The molecule has 0 unspecified atom stereocenters. The highest BCUT2D eigenvalue weighted by atomic mass is 16.4. The van der Waals surface area contributed by atoms with E-state index in [0.717, 1.165) is 32.5 Å². The minimum absolute atomic E-state index is 0.320. The van der Waals surface area contributed by atoms with Crippen molar-refractivity contribution >= 4 is 5.97 Å². The summed E-state index contributed by atoms with van der Waals surface area (Å²) in [6, 6.07) is 0. The van der Waals surface area contributed by atoms with Crippen molar-refractivity contribution in [3.05, 3.63) is 18.0 Å². The zero-order chi connectivity index (χ0) is 12.3. The smallest absolute Gasteiger partial charge is 0.303 e. The zero-order valence-corrected chi connectivity index (χ0v) is 10.2. The Kier molecular flexibility index (Phi) is 3.78. The first-order valence-corrected chi connectivity index (χ1v) is 6.05. The standard InChI is InChI=1S/C12H19N3O2/c1-14-8-11(7-13-14)9-15-4-2-10(3-5-15)6-12(16)17/h7-8,10H,2-6,9H2,1H3,(H,16,17). The minimum Gasteiger partial charge on any atom is -0.481 e. The Hall–Kier alpha value is -1.36. The lowest BCUT2D eigenvalue weighted by Crippen LogP contribution is -2.33. The van der Waals surface area contributed by atoms with Crippen molar-refractivity contribution in [3.8, 4) is 0 Å².